The van der Waals surface area contributed by atoms with E-state index in [2.05, 4.69) is 36.7 Å². The molecule has 0 aromatic carbocycles. The minimum absolute atomic E-state index is 0.360. The first-order chi connectivity index (χ1) is 9.88. The third-order valence-electron chi connectivity index (χ3n) is 3.39. The number of rotatable bonds is 11. The summed E-state index contributed by atoms with van der Waals surface area (Å²) in [4.78, 5) is 8.24. The van der Waals surface area contributed by atoms with E-state index in [1.54, 1.807) is 0 Å². The van der Waals surface area contributed by atoms with E-state index < -0.39 is 7.82 Å². The lowest BCUT2D eigenvalue weighted by Gasteiger charge is -2.24. The lowest BCUT2D eigenvalue weighted by atomic mass is 10.3. The molecule has 0 aliphatic carbocycles. The standard InChI is InChI=1S/C13H29P.C2H7O4P/c1-5-8-11-14(12-9-6-2)13(4)10-7-3;1-5-7(3,4)6-2/h13H,5-12H2,1-4H3;1-2H3,(H,3,4). The lowest BCUT2D eigenvalue weighted by molar-refractivity contribution is 0.204. The summed E-state index contributed by atoms with van der Waals surface area (Å²) >= 11 is 0. The zero-order valence-electron chi connectivity index (χ0n) is 14.8. The monoisotopic (exact) mass is 342 g/mol. The van der Waals surface area contributed by atoms with Crippen molar-refractivity contribution < 1.29 is 18.5 Å². The van der Waals surface area contributed by atoms with Gasteiger partial charge in [0.1, 0.15) is 0 Å². The van der Waals surface area contributed by atoms with Crippen molar-refractivity contribution in [2.24, 2.45) is 0 Å². The van der Waals surface area contributed by atoms with E-state index in [1.165, 1.54) is 50.8 Å². The van der Waals surface area contributed by atoms with Gasteiger partial charge in [-0.15, -0.1) is 7.92 Å². The summed E-state index contributed by atoms with van der Waals surface area (Å²) in [7, 11) is -1.09. The molecule has 0 spiro atoms. The summed E-state index contributed by atoms with van der Waals surface area (Å²) in [5, 5.41) is 0. The molecule has 4 nitrogen and oxygen atoms in total. The van der Waals surface area contributed by atoms with Gasteiger partial charge in [-0.3, -0.25) is 9.05 Å². The molecule has 130 valence electrons. The van der Waals surface area contributed by atoms with Gasteiger partial charge in [0, 0.05) is 14.2 Å². The largest absolute Gasteiger partial charge is 0.471 e. The van der Waals surface area contributed by atoms with Crippen molar-refractivity contribution >= 4 is 15.7 Å². The molecular formula is C15H36O4P2. The molecule has 0 aliphatic heterocycles. The molecule has 0 bridgehead atoms. The second kappa shape index (κ2) is 15.4. The van der Waals surface area contributed by atoms with Gasteiger partial charge in [-0.2, -0.15) is 0 Å². The smallest absolute Gasteiger partial charge is 0.303 e. The minimum atomic E-state index is -3.65. The Morgan fingerprint density at radius 3 is 1.67 bits per heavy atom. The molecule has 0 rings (SSSR count). The van der Waals surface area contributed by atoms with Crippen molar-refractivity contribution in [1.29, 1.82) is 0 Å². The molecule has 1 unspecified atom stereocenters. The van der Waals surface area contributed by atoms with Gasteiger partial charge in [-0.1, -0.05) is 47.0 Å². The van der Waals surface area contributed by atoms with E-state index >= 15 is 0 Å². The van der Waals surface area contributed by atoms with Crippen LogP contribution >= 0.6 is 15.7 Å². The minimum Gasteiger partial charge on any atom is -0.303 e. The number of hydrogen-bond donors (Lipinski definition) is 1. The fourth-order valence-electron chi connectivity index (χ4n) is 1.95. The normalized spacial score (nSPS) is 13.0. The molecule has 0 aliphatic rings. The number of unbranched alkanes of at least 4 members (excludes halogenated alkanes) is 2. The molecule has 0 saturated heterocycles. The van der Waals surface area contributed by atoms with Crippen molar-refractivity contribution in [3.63, 3.8) is 0 Å². The molecule has 0 radical (unpaired) electrons. The van der Waals surface area contributed by atoms with Crippen LogP contribution in [0.5, 0.6) is 0 Å². The molecule has 0 amide bonds. The highest BCUT2D eigenvalue weighted by atomic mass is 31.2. The lowest BCUT2D eigenvalue weighted by Crippen LogP contribution is -2.05. The van der Waals surface area contributed by atoms with Gasteiger partial charge in [0.2, 0.25) is 0 Å². The Morgan fingerprint density at radius 1 is 1.00 bits per heavy atom. The maximum atomic E-state index is 10.1. The van der Waals surface area contributed by atoms with E-state index in [4.69, 9.17) is 4.89 Å². The van der Waals surface area contributed by atoms with Gasteiger partial charge in [-0.05, 0) is 37.2 Å². The highest BCUT2D eigenvalue weighted by Crippen LogP contribution is 2.44. The molecule has 21 heavy (non-hydrogen) atoms. The summed E-state index contributed by atoms with van der Waals surface area (Å²) in [5.74, 6) is 0. The molecule has 0 fully saturated rings. The summed E-state index contributed by atoms with van der Waals surface area (Å²) in [6, 6.07) is 0. The maximum absolute atomic E-state index is 10.1. The van der Waals surface area contributed by atoms with Gasteiger partial charge in [0.05, 0.1) is 0 Å². The van der Waals surface area contributed by atoms with Gasteiger partial charge in [-0.25, -0.2) is 4.57 Å². The first-order valence-electron chi connectivity index (χ1n) is 8.06. The fourth-order valence-corrected chi connectivity index (χ4v) is 5.27. The average Bonchev–Trinajstić information content (AvgIpc) is 2.48. The van der Waals surface area contributed by atoms with Gasteiger partial charge in [0.25, 0.3) is 0 Å². The highest BCUT2D eigenvalue weighted by molar-refractivity contribution is 7.58. The van der Waals surface area contributed by atoms with Gasteiger partial charge in [0.15, 0.2) is 0 Å². The zero-order chi connectivity index (χ0) is 16.7. The van der Waals surface area contributed by atoms with Crippen LogP contribution < -0.4 is 0 Å². The SMILES string of the molecule is CCCCP(CCCC)C(C)CCC.COP(=O)(O)OC. The predicted octanol–water partition coefficient (Wildman–Crippen LogP) is 5.64. The average molecular weight is 342 g/mol. The Hall–Kier alpha value is 0.540. The van der Waals surface area contributed by atoms with Crippen LogP contribution in [0.1, 0.15) is 66.2 Å². The Kier molecular flexibility index (Phi) is 17.5. The van der Waals surface area contributed by atoms with E-state index in [1.807, 2.05) is 0 Å². The van der Waals surface area contributed by atoms with E-state index in [0.717, 1.165) is 19.9 Å². The molecule has 0 aromatic rings. The molecule has 1 N–H and O–H groups in total. The molecule has 0 heterocycles. The van der Waals surface area contributed by atoms with Gasteiger partial charge >= 0.3 is 7.82 Å². The fraction of sp³-hybridized carbons (Fsp3) is 1.00. The second-order valence-corrected chi connectivity index (χ2v) is 9.84. The maximum Gasteiger partial charge on any atom is 0.471 e. The molecule has 0 saturated carbocycles. The van der Waals surface area contributed by atoms with E-state index in [-0.39, 0.29) is 0 Å². The highest BCUT2D eigenvalue weighted by Gasteiger charge is 2.14. The molecule has 0 aromatic heterocycles. The van der Waals surface area contributed by atoms with Crippen LogP contribution in [0.2, 0.25) is 0 Å². The van der Waals surface area contributed by atoms with Crippen molar-refractivity contribution in [3.05, 3.63) is 0 Å². The Labute approximate surface area is 133 Å². The van der Waals surface area contributed by atoms with Gasteiger partial charge < -0.3 is 4.89 Å². The van der Waals surface area contributed by atoms with Crippen LogP contribution in [0.4, 0.5) is 0 Å². The topological polar surface area (TPSA) is 55.8 Å². The van der Waals surface area contributed by atoms with Crippen LogP contribution in [0, 0.1) is 0 Å². The number of phosphoric ester groups is 1. The van der Waals surface area contributed by atoms with Crippen molar-refractivity contribution in [1.82, 2.24) is 0 Å². The summed E-state index contributed by atoms with van der Waals surface area (Å²) in [6.45, 7) is 9.44. The second-order valence-electron chi connectivity index (χ2n) is 5.21. The molecule has 1 atom stereocenters. The van der Waals surface area contributed by atoms with Crippen molar-refractivity contribution in [2.75, 3.05) is 26.5 Å². The molecular weight excluding hydrogens is 306 g/mol. The van der Waals surface area contributed by atoms with Crippen molar-refractivity contribution in [2.45, 2.75) is 71.9 Å². The van der Waals surface area contributed by atoms with E-state index in [0.29, 0.717) is 7.92 Å². The summed E-state index contributed by atoms with van der Waals surface area (Å²) < 4.78 is 18.0. The van der Waals surface area contributed by atoms with Crippen LogP contribution in [0.15, 0.2) is 0 Å². The molecule has 6 heteroatoms. The third kappa shape index (κ3) is 15.2. The number of phosphoric acid groups is 1. The first kappa shape index (κ1) is 23.8. The summed E-state index contributed by atoms with van der Waals surface area (Å²) in [6.07, 6.45) is 11.6. The van der Waals surface area contributed by atoms with Crippen LogP contribution in [-0.4, -0.2) is 37.1 Å². The summed E-state index contributed by atoms with van der Waals surface area (Å²) in [5.41, 5.74) is 1.02. The quantitative estimate of drug-likeness (QED) is 0.494. The zero-order valence-corrected chi connectivity index (χ0v) is 16.6. The van der Waals surface area contributed by atoms with Crippen LogP contribution in [0.25, 0.3) is 0 Å². The Balaban J connectivity index is 0. The predicted molar refractivity (Wildman–Crippen MR) is 94.7 cm³/mol. The number of hydrogen-bond acceptors (Lipinski definition) is 3. The van der Waals surface area contributed by atoms with Crippen LogP contribution in [0.3, 0.4) is 0 Å². The Morgan fingerprint density at radius 2 is 1.43 bits per heavy atom. The van der Waals surface area contributed by atoms with E-state index in [9.17, 15) is 4.57 Å². The van der Waals surface area contributed by atoms with Crippen molar-refractivity contribution in [3.8, 4) is 0 Å². The Bertz CT molecular complexity index is 246. The third-order valence-corrected chi connectivity index (χ3v) is 7.60. The van der Waals surface area contributed by atoms with Crippen LogP contribution in [-0.2, 0) is 13.6 Å². The first-order valence-corrected chi connectivity index (χ1v) is 11.3.